The van der Waals surface area contributed by atoms with Crippen LogP contribution in [0.4, 0.5) is 4.39 Å². The van der Waals surface area contributed by atoms with Crippen LogP contribution in [0.15, 0.2) is 36.7 Å². The second-order valence-corrected chi connectivity index (χ2v) is 3.55. The highest BCUT2D eigenvalue weighted by molar-refractivity contribution is 5.73. The van der Waals surface area contributed by atoms with Crippen LogP contribution < -0.4 is 10.5 Å². The molecule has 0 radical (unpaired) electrons. The van der Waals surface area contributed by atoms with Crippen LogP contribution in [0.1, 0.15) is 5.56 Å². The first-order chi connectivity index (χ1) is 8.27. The lowest BCUT2D eigenvalue weighted by atomic mass is 10.0. The number of ether oxygens (including phenoxy) is 1. The van der Waals surface area contributed by atoms with E-state index in [1.54, 1.807) is 30.6 Å². The lowest BCUT2D eigenvalue weighted by Crippen LogP contribution is -2.01. The van der Waals surface area contributed by atoms with Gasteiger partial charge in [0.15, 0.2) is 0 Å². The SMILES string of the molecule is COc1cccc(F)c1-c1ccncc1CN. The molecular weight excluding hydrogens is 219 g/mol. The van der Waals surface area contributed by atoms with E-state index in [1.165, 1.54) is 13.2 Å². The normalized spacial score (nSPS) is 10.3. The van der Waals surface area contributed by atoms with E-state index in [9.17, 15) is 4.39 Å². The van der Waals surface area contributed by atoms with Gasteiger partial charge in [-0.15, -0.1) is 0 Å². The molecule has 0 saturated heterocycles. The molecule has 88 valence electrons. The van der Waals surface area contributed by atoms with Gasteiger partial charge in [0.1, 0.15) is 11.6 Å². The number of pyridine rings is 1. The maximum Gasteiger partial charge on any atom is 0.134 e. The van der Waals surface area contributed by atoms with Crippen LogP contribution in [0.2, 0.25) is 0 Å². The Balaban J connectivity index is 2.67. The minimum Gasteiger partial charge on any atom is -0.496 e. The van der Waals surface area contributed by atoms with Crippen molar-refractivity contribution in [3.8, 4) is 16.9 Å². The summed E-state index contributed by atoms with van der Waals surface area (Å²) in [5, 5.41) is 0. The van der Waals surface area contributed by atoms with Gasteiger partial charge in [-0.05, 0) is 29.3 Å². The number of nitrogens with two attached hydrogens (primary N) is 1. The summed E-state index contributed by atoms with van der Waals surface area (Å²) in [5.41, 5.74) is 7.56. The van der Waals surface area contributed by atoms with E-state index in [1.807, 2.05) is 0 Å². The van der Waals surface area contributed by atoms with Crippen molar-refractivity contribution in [2.45, 2.75) is 6.54 Å². The van der Waals surface area contributed by atoms with Crippen molar-refractivity contribution in [2.24, 2.45) is 5.73 Å². The van der Waals surface area contributed by atoms with Crippen molar-refractivity contribution in [1.29, 1.82) is 0 Å². The molecule has 0 amide bonds. The summed E-state index contributed by atoms with van der Waals surface area (Å²) in [5.74, 6) is 0.163. The van der Waals surface area contributed by atoms with Crippen molar-refractivity contribution in [2.75, 3.05) is 7.11 Å². The molecule has 0 fully saturated rings. The molecule has 17 heavy (non-hydrogen) atoms. The molecule has 2 N–H and O–H groups in total. The van der Waals surface area contributed by atoms with Crippen LogP contribution in [0.3, 0.4) is 0 Å². The van der Waals surface area contributed by atoms with Crippen LogP contribution in [0.25, 0.3) is 11.1 Å². The Morgan fingerprint density at radius 1 is 1.35 bits per heavy atom. The van der Waals surface area contributed by atoms with Crippen molar-refractivity contribution in [3.05, 3.63) is 48.0 Å². The van der Waals surface area contributed by atoms with Crippen molar-refractivity contribution < 1.29 is 9.13 Å². The standard InChI is InChI=1S/C13H13FN2O/c1-17-12-4-2-3-11(14)13(12)10-5-6-16-8-9(10)7-15/h2-6,8H,7,15H2,1H3. The van der Waals surface area contributed by atoms with Gasteiger partial charge in [-0.25, -0.2) is 4.39 Å². The predicted octanol–water partition coefficient (Wildman–Crippen LogP) is 2.35. The van der Waals surface area contributed by atoms with E-state index in [0.717, 1.165) is 11.1 Å². The number of nitrogens with zero attached hydrogens (tertiary/aromatic N) is 1. The second-order valence-electron chi connectivity index (χ2n) is 3.55. The molecule has 0 aliphatic carbocycles. The molecule has 0 spiro atoms. The number of aromatic nitrogens is 1. The molecule has 0 saturated carbocycles. The lowest BCUT2D eigenvalue weighted by Gasteiger charge is -2.12. The molecule has 2 rings (SSSR count). The fourth-order valence-electron chi connectivity index (χ4n) is 1.77. The van der Waals surface area contributed by atoms with E-state index in [4.69, 9.17) is 10.5 Å². The van der Waals surface area contributed by atoms with Gasteiger partial charge >= 0.3 is 0 Å². The van der Waals surface area contributed by atoms with E-state index in [0.29, 0.717) is 17.9 Å². The zero-order valence-corrected chi connectivity index (χ0v) is 9.48. The zero-order valence-electron chi connectivity index (χ0n) is 9.48. The fraction of sp³-hybridized carbons (Fsp3) is 0.154. The third-order valence-electron chi connectivity index (χ3n) is 2.59. The summed E-state index contributed by atoms with van der Waals surface area (Å²) in [7, 11) is 1.52. The maximum atomic E-state index is 13.9. The number of benzene rings is 1. The fourth-order valence-corrected chi connectivity index (χ4v) is 1.77. The van der Waals surface area contributed by atoms with Crippen LogP contribution >= 0.6 is 0 Å². The van der Waals surface area contributed by atoms with Gasteiger partial charge < -0.3 is 10.5 Å². The van der Waals surface area contributed by atoms with E-state index in [2.05, 4.69) is 4.98 Å². The van der Waals surface area contributed by atoms with Crippen LogP contribution in [0, 0.1) is 5.82 Å². The third-order valence-corrected chi connectivity index (χ3v) is 2.59. The summed E-state index contributed by atoms with van der Waals surface area (Å²) in [4.78, 5) is 3.98. The van der Waals surface area contributed by atoms with Gasteiger partial charge in [-0.3, -0.25) is 4.98 Å². The highest BCUT2D eigenvalue weighted by Gasteiger charge is 2.14. The number of hydrogen-bond donors (Lipinski definition) is 1. The predicted molar refractivity (Wildman–Crippen MR) is 64.1 cm³/mol. The molecule has 1 aromatic heterocycles. The molecule has 0 aliphatic heterocycles. The second kappa shape index (κ2) is 4.93. The molecule has 0 atom stereocenters. The Hall–Kier alpha value is -1.94. The van der Waals surface area contributed by atoms with Gasteiger partial charge in [0.05, 0.1) is 12.7 Å². The van der Waals surface area contributed by atoms with E-state index < -0.39 is 0 Å². The summed E-state index contributed by atoms with van der Waals surface area (Å²) < 4.78 is 19.1. The molecular formula is C13H13FN2O. The lowest BCUT2D eigenvalue weighted by molar-refractivity contribution is 0.413. The van der Waals surface area contributed by atoms with E-state index in [-0.39, 0.29) is 5.82 Å². The van der Waals surface area contributed by atoms with Crippen molar-refractivity contribution in [1.82, 2.24) is 4.98 Å². The summed E-state index contributed by atoms with van der Waals surface area (Å²) in [6.45, 7) is 0.306. The zero-order chi connectivity index (χ0) is 12.3. The highest BCUT2D eigenvalue weighted by atomic mass is 19.1. The first-order valence-corrected chi connectivity index (χ1v) is 5.23. The van der Waals surface area contributed by atoms with Crippen molar-refractivity contribution >= 4 is 0 Å². The van der Waals surface area contributed by atoms with Gasteiger partial charge in [-0.2, -0.15) is 0 Å². The maximum absolute atomic E-state index is 13.9. The number of hydrogen-bond acceptors (Lipinski definition) is 3. The Morgan fingerprint density at radius 2 is 2.18 bits per heavy atom. The number of rotatable bonds is 3. The largest absolute Gasteiger partial charge is 0.496 e. The number of halogens is 1. The summed E-state index contributed by atoms with van der Waals surface area (Å²) in [6, 6.07) is 6.47. The summed E-state index contributed by atoms with van der Waals surface area (Å²) in [6.07, 6.45) is 3.25. The minimum absolute atomic E-state index is 0.306. The topological polar surface area (TPSA) is 48.1 Å². The first kappa shape index (κ1) is 11.5. The molecule has 4 heteroatoms. The Labute approximate surface area is 99.1 Å². The molecule has 3 nitrogen and oxygen atoms in total. The Bertz CT molecular complexity index is 529. The quantitative estimate of drug-likeness (QED) is 0.883. The molecule has 0 bridgehead atoms. The minimum atomic E-state index is -0.328. The smallest absolute Gasteiger partial charge is 0.134 e. The van der Waals surface area contributed by atoms with Gasteiger partial charge in [-0.1, -0.05) is 6.07 Å². The highest BCUT2D eigenvalue weighted by Crippen LogP contribution is 2.34. The Morgan fingerprint density at radius 3 is 2.88 bits per heavy atom. The monoisotopic (exact) mass is 232 g/mol. The van der Waals surface area contributed by atoms with Crippen LogP contribution in [-0.2, 0) is 6.54 Å². The molecule has 1 heterocycles. The van der Waals surface area contributed by atoms with Crippen LogP contribution in [0.5, 0.6) is 5.75 Å². The molecule has 0 aliphatic rings. The molecule has 2 aromatic rings. The van der Waals surface area contributed by atoms with Crippen molar-refractivity contribution in [3.63, 3.8) is 0 Å². The summed E-state index contributed by atoms with van der Waals surface area (Å²) >= 11 is 0. The third kappa shape index (κ3) is 2.12. The van der Waals surface area contributed by atoms with Crippen LogP contribution in [-0.4, -0.2) is 12.1 Å². The Kier molecular flexibility index (Phi) is 3.35. The van der Waals surface area contributed by atoms with E-state index >= 15 is 0 Å². The first-order valence-electron chi connectivity index (χ1n) is 5.23. The average Bonchev–Trinajstić information content (AvgIpc) is 2.38. The number of methoxy groups -OCH3 is 1. The van der Waals surface area contributed by atoms with Gasteiger partial charge in [0.25, 0.3) is 0 Å². The van der Waals surface area contributed by atoms with Gasteiger partial charge in [0, 0.05) is 18.9 Å². The molecule has 1 aromatic carbocycles. The van der Waals surface area contributed by atoms with Gasteiger partial charge in [0.2, 0.25) is 0 Å². The molecule has 0 unspecified atom stereocenters. The average molecular weight is 232 g/mol.